The molecule has 2 rings (SSSR count). The summed E-state index contributed by atoms with van der Waals surface area (Å²) in [5, 5.41) is 3.29. The van der Waals surface area contributed by atoms with E-state index in [0.717, 1.165) is 23.1 Å². The van der Waals surface area contributed by atoms with Crippen LogP contribution in [0.15, 0.2) is 18.2 Å². The predicted octanol–water partition coefficient (Wildman–Crippen LogP) is 4.06. The van der Waals surface area contributed by atoms with Crippen molar-refractivity contribution in [3.05, 3.63) is 45.2 Å². The minimum Gasteiger partial charge on any atom is -0.298 e. The number of thiazole rings is 1. The van der Waals surface area contributed by atoms with Crippen LogP contribution in [0.2, 0.25) is 5.02 Å². The highest BCUT2D eigenvalue weighted by Crippen LogP contribution is 2.24. The quantitative estimate of drug-likeness (QED) is 0.928. The number of carbonyl (C=O) groups is 1. The number of halogens is 2. The van der Waals surface area contributed by atoms with Crippen molar-refractivity contribution in [2.24, 2.45) is 0 Å². The molecule has 0 aliphatic heterocycles. The number of hydrogen-bond donors (Lipinski definition) is 1. The Balaban J connectivity index is 2.20. The highest BCUT2D eigenvalue weighted by molar-refractivity contribution is 7.15. The van der Waals surface area contributed by atoms with E-state index in [-0.39, 0.29) is 16.5 Å². The van der Waals surface area contributed by atoms with Gasteiger partial charge >= 0.3 is 0 Å². The van der Waals surface area contributed by atoms with Crippen molar-refractivity contribution in [3.63, 3.8) is 0 Å². The highest BCUT2D eigenvalue weighted by Gasteiger charge is 2.14. The number of anilines is 1. The van der Waals surface area contributed by atoms with E-state index < -0.39 is 5.82 Å². The molecule has 100 valence electrons. The Labute approximate surface area is 119 Å². The maximum atomic E-state index is 12.9. The lowest BCUT2D eigenvalue weighted by molar-refractivity contribution is 0.102. The smallest absolute Gasteiger partial charge is 0.258 e. The molecule has 0 saturated heterocycles. The SMILES string of the molecule is CCc1nc(NC(=O)c2ccc(F)cc2Cl)sc1C. The van der Waals surface area contributed by atoms with Gasteiger partial charge in [-0.1, -0.05) is 18.5 Å². The summed E-state index contributed by atoms with van der Waals surface area (Å²) in [5.74, 6) is -0.860. The molecule has 6 heteroatoms. The number of aryl methyl sites for hydroxylation is 2. The topological polar surface area (TPSA) is 42.0 Å². The molecule has 1 amide bonds. The van der Waals surface area contributed by atoms with E-state index in [4.69, 9.17) is 11.6 Å². The number of aromatic nitrogens is 1. The maximum Gasteiger partial charge on any atom is 0.258 e. The molecule has 0 saturated carbocycles. The molecule has 3 nitrogen and oxygen atoms in total. The summed E-state index contributed by atoms with van der Waals surface area (Å²) in [6, 6.07) is 3.67. The summed E-state index contributed by atoms with van der Waals surface area (Å²) < 4.78 is 12.9. The van der Waals surface area contributed by atoms with Crippen LogP contribution in [-0.2, 0) is 6.42 Å². The molecule has 0 fully saturated rings. The molecule has 19 heavy (non-hydrogen) atoms. The zero-order valence-electron chi connectivity index (χ0n) is 10.5. The first-order valence-corrected chi connectivity index (χ1v) is 6.93. The second kappa shape index (κ2) is 5.67. The fourth-order valence-electron chi connectivity index (χ4n) is 1.65. The normalized spacial score (nSPS) is 10.5. The first-order chi connectivity index (χ1) is 9.01. The van der Waals surface area contributed by atoms with Gasteiger partial charge in [-0.3, -0.25) is 10.1 Å². The van der Waals surface area contributed by atoms with Gasteiger partial charge in [-0.05, 0) is 31.5 Å². The van der Waals surface area contributed by atoms with Crippen LogP contribution in [-0.4, -0.2) is 10.9 Å². The van der Waals surface area contributed by atoms with Crippen LogP contribution in [0.3, 0.4) is 0 Å². The fraction of sp³-hybridized carbons (Fsp3) is 0.231. The van der Waals surface area contributed by atoms with Gasteiger partial charge in [0.05, 0.1) is 16.3 Å². The molecule has 1 N–H and O–H groups in total. The number of rotatable bonds is 3. The van der Waals surface area contributed by atoms with Gasteiger partial charge in [-0.15, -0.1) is 11.3 Å². The van der Waals surface area contributed by atoms with Crippen LogP contribution in [0.4, 0.5) is 9.52 Å². The van der Waals surface area contributed by atoms with Crippen LogP contribution in [0.25, 0.3) is 0 Å². The van der Waals surface area contributed by atoms with Crippen molar-refractivity contribution in [2.45, 2.75) is 20.3 Å². The highest BCUT2D eigenvalue weighted by atomic mass is 35.5. The van der Waals surface area contributed by atoms with Gasteiger partial charge in [0.15, 0.2) is 5.13 Å². The van der Waals surface area contributed by atoms with Crippen LogP contribution >= 0.6 is 22.9 Å². The minimum atomic E-state index is -0.472. The van der Waals surface area contributed by atoms with Crippen molar-refractivity contribution in [3.8, 4) is 0 Å². The lowest BCUT2D eigenvalue weighted by atomic mass is 10.2. The van der Waals surface area contributed by atoms with Gasteiger partial charge in [0.25, 0.3) is 5.91 Å². The first kappa shape index (κ1) is 14.0. The van der Waals surface area contributed by atoms with Crippen molar-refractivity contribution in [1.82, 2.24) is 4.98 Å². The molecular formula is C13H12ClFN2OS. The maximum absolute atomic E-state index is 12.9. The first-order valence-electron chi connectivity index (χ1n) is 5.74. The lowest BCUT2D eigenvalue weighted by Gasteiger charge is -2.03. The Morgan fingerprint density at radius 1 is 1.53 bits per heavy atom. The molecule has 0 bridgehead atoms. The molecule has 0 aliphatic carbocycles. The second-order valence-electron chi connectivity index (χ2n) is 3.95. The number of hydrogen-bond acceptors (Lipinski definition) is 3. The minimum absolute atomic E-state index is 0.0847. The van der Waals surface area contributed by atoms with Crippen molar-refractivity contribution < 1.29 is 9.18 Å². The molecule has 2 aromatic rings. The molecular weight excluding hydrogens is 287 g/mol. The van der Waals surface area contributed by atoms with Gasteiger partial charge in [-0.2, -0.15) is 0 Å². The van der Waals surface area contributed by atoms with Gasteiger partial charge in [0, 0.05) is 4.88 Å². The van der Waals surface area contributed by atoms with E-state index in [1.165, 1.54) is 23.5 Å². The van der Waals surface area contributed by atoms with E-state index in [0.29, 0.717) is 5.13 Å². The van der Waals surface area contributed by atoms with Crippen LogP contribution in [0, 0.1) is 12.7 Å². The van der Waals surface area contributed by atoms with E-state index in [2.05, 4.69) is 10.3 Å². The molecule has 0 unspecified atom stereocenters. The average Bonchev–Trinajstić information content (AvgIpc) is 2.69. The Hall–Kier alpha value is -1.46. The number of benzene rings is 1. The van der Waals surface area contributed by atoms with Crippen LogP contribution in [0.5, 0.6) is 0 Å². The van der Waals surface area contributed by atoms with Gasteiger partial charge in [-0.25, -0.2) is 9.37 Å². The standard InChI is InChI=1S/C13H12ClFN2OS/c1-3-11-7(2)19-13(16-11)17-12(18)9-5-4-8(15)6-10(9)14/h4-6H,3H2,1-2H3,(H,16,17,18). The molecule has 0 aliphatic rings. The van der Waals surface area contributed by atoms with E-state index >= 15 is 0 Å². The summed E-state index contributed by atoms with van der Waals surface area (Å²) in [4.78, 5) is 17.4. The monoisotopic (exact) mass is 298 g/mol. The van der Waals surface area contributed by atoms with E-state index in [9.17, 15) is 9.18 Å². The summed E-state index contributed by atoms with van der Waals surface area (Å²) in [5.41, 5.74) is 1.19. The van der Waals surface area contributed by atoms with E-state index in [1.807, 2.05) is 13.8 Å². The van der Waals surface area contributed by atoms with Gasteiger partial charge < -0.3 is 0 Å². The molecule has 1 heterocycles. The molecule has 0 spiro atoms. The zero-order valence-corrected chi connectivity index (χ0v) is 12.0. The molecule has 1 aromatic heterocycles. The third-order valence-electron chi connectivity index (χ3n) is 2.62. The fourth-order valence-corrected chi connectivity index (χ4v) is 2.80. The Morgan fingerprint density at radius 2 is 2.26 bits per heavy atom. The molecule has 0 radical (unpaired) electrons. The summed E-state index contributed by atoms with van der Waals surface area (Å²) in [6.07, 6.45) is 0.815. The third kappa shape index (κ3) is 3.11. The van der Waals surface area contributed by atoms with Crippen molar-refractivity contribution in [1.29, 1.82) is 0 Å². The summed E-state index contributed by atoms with van der Waals surface area (Å²) >= 11 is 7.25. The van der Waals surface area contributed by atoms with Crippen LogP contribution in [0.1, 0.15) is 27.9 Å². The van der Waals surface area contributed by atoms with Crippen molar-refractivity contribution in [2.75, 3.05) is 5.32 Å². The Bertz CT molecular complexity index is 627. The third-order valence-corrected chi connectivity index (χ3v) is 3.86. The number of nitrogens with zero attached hydrogens (tertiary/aromatic N) is 1. The number of amides is 1. The van der Waals surface area contributed by atoms with Crippen LogP contribution < -0.4 is 5.32 Å². The Morgan fingerprint density at radius 3 is 2.84 bits per heavy atom. The number of nitrogens with one attached hydrogen (secondary N) is 1. The van der Waals surface area contributed by atoms with Gasteiger partial charge in [0.2, 0.25) is 0 Å². The summed E-state index contributed by atoms with van der Waals surface area (Å²) in [7, 11) is 0. The largest absolute Gasteiger partial charge is 0.298 e. The molecule has 1 aromatic carbocycles. The lowest BCUT2D eigenvalue weighted by Crippen LogP contribution is -2.12. The average molecular weight is 299 g/mol. The summed E-state index contributed by atoms with van der Waals surface area (Å²) in [6.45, 7) is 3.96. The number of carbonyl (C=O) groups excluding carboxylic acids is 1. The Kier molecular flexibility index (Phi) is 4.17. The predicted molar refractivity (Wildman–Crippen MR) is 75.6 cm³/mol. The van der Waals surface area contributed by atoms with Gasteiger partial charge in [0.1, 0.15) is 5.82 Å². The second-order valence-corrected chi connectivity index (χ2v) is 5.56. The van der Waals surface area contributed by atoms with Crippen molar-refractivity contribution >= 4 is 34.0 Å². The molecule has 0 atom stereocenters. The van der Waals surface area contributed by atoms with E-state index in [1.54, 1.807) is 0 Å². The zero-order chi connectivity index (χ0) is 14.0.